The first-order valence-electron chi connectivity index (χ1n) is 10.1. The van der Waals surface area contributed by atoms with Gasteiger partial charge in [-0.15, -0.1) is 0 Å². The lowest BCUT2D eigenvalue weighted by Gasteiger charge is -2.33. The summed E-state index contributed by atoms with van der Waals surface area (Å²) in [5.74, 6) is 3.33. The van der Waals surface area contributed by atoms with Crippen LogP contribution in [0, 0.1) is 11.8 Å². The van der Waals surface area contributed by atoms with Gasteiger partial charge in [-0.1, -0.05) is 74.5 Å². The third kappa shape index (κ3) is 3.88. The number of rotatable bonds is 6. The van der Waals surface area contributed by atoms with Gasteiger partial charge >= 0.3 is 8.56 Å². The molecule has 0 heterocycles. The zero-order valence-corrected chi connectivity index (χ0v) is 17.2. The van der Waals surface area contributed by atoms with Crippen molar-refractivity contribution in [2.75, 3.05) is 0 Å². The molecule has 2 nitrogen and oxygen atoms in total. The smallest absolute Gasteiger partial charge is 0.510 e. The van der Waals surface area contributed by atoms with Crippen LogP contribution in [0.15, 0.2) is 84.3 Å². The molecule has 3 heteroatoms. The zero-order chi connectivity index (χ0) is 18.7. The first kappa shape index (κ1) is 18.1. The van der Waals surface area contributed by atoms with E-state index < -0.39 is 8.56 Å². The van der Waals surface area contributed by atoms with E-state index in [9.17, 15) is 0 Å². The lowest BCUT2D eigenvalue weighted by molar-refractivity contribution is 0.278. The van der Waals surface area contributed by atoms with Gasteiger partial charge in [0.15, 0.2) is 0 Å². The van der Waals surface area contributed by atoms with Crippen LogP contribution in [0.25, 0.3) is 0 Å². The average Bonchev–Trinajstić information content (AvgIpc) is 3.30. The minimum Gasteiger partial charge on any atom is -0.510 e. The fraction of sp³-hybridized carbons (Fsp3) is 0.333. The SMILES string of the molecule is C[C@@H]1C=C(O[Si](OC2=C[C@@H](C)CC2)(c2ccccc2)c2ccccc2)CC1. The lowest BCUT2D eigenvalue weighted by Crippen LogP contribution is -2.62. The molecular weight excluding hydrogens is 348 g/mol. The average molecular weight is 377 g/mol. The Morgan fingerprint density at radius 2 is 1.07 bits per heavy atom. The van der Waals surface area contributed by atoms with Crippen LogP contribution in [0.4, 0.5) is 0 Å². The predicted octanol–water partition coefficient (Wildman–Crippen LogP) is 4.90. The molecule has 27 heavy (non-hydrogen) atoms. The Labute approximate surface area is 163 Å². The molecule has 0 aromatic heterocycles. The Kier molecular flexibility index (Phi) is 5.21. The van der Waals surface area contributed by atoms with Gasteiger partial charge in [-0.25, -0.2) is 0 Å². The van der Waals surface area contributed by atoms with Crippen molar-refractivity contribution >= 4 is 18.9 Å². The molecule has 0 radical (unpaired) electrons. The van der Waals surface area contributed by atoms with E-state index in [1.165, 1.54) is 0 Å². The molecular formula is C24H28O2Si. The number of hydrogen-bond donors (Lipinski definition) is 0. The van der Waals surface area contributed by atoms with Crippen LogP contribution < -0.4 is 10.4 Å². The topological polar surface area (TPSA) is 18.5 Å². The maximum Gasteiger partial charge on any atom is 0.530 e. The summed E-state index contributed by atoms with van der Waals surface area (Å²) in [4.78, 5) is 0. The maximum atomic E-state index is 6.88. The minimum absolute atomic E-state index is 0.573. The first-order valence-corrected chi connectivity index (χ1v) is 11.9. The standard InChI is InChI=1S/C24H28O2Si/c1-19-13-15-21(17-19)25-27(23-9-5-3-6-10-23,24-11-7-4-8-12-24)26-22-16-14-20(2)18-22/h3-12,17-20H,13-16H2,1-2H3/t19-,20-/m0/s1. The van der Waals surface area contributed by atoms with E-state index in [1.807, 2.05) is 0 Å². The van der Waals surface area contributed by atoms with Crippen LogP contribution in [0.3, 0.4) is 0 Å². The summed E-state index contributed by atoms with van der Waals surface area (Å²) in [7, 11) is -2.87. The van der Waals surface area contributed by atoms with E-state index in [0.29, 0.717) is 11.8 Å². The van der Waals surface area contributed by atoms with Crippen molar-refractivity contribution in [2.45, 2.75) is 39.5 Å². The van der Waals surface area contributed by atoms with Gasteiger partial charge in [0.05, 0.1) is 11.5 Å². The summed E-state index contributed by atoms with van der Waals surface area (Å²) >= 11 is 0. The molecule has 0 amide bonds. The summed E-state index contributed by atoms with van der Waals surface area (Å²) < 4.78 is 13.8. The molecule has 140 valence electrons. The number of allylic oxidation sites excluding steroid dienone is 4. The van der Waals surface area contributed by atoms with E-state index >= 15 is 0 Å². The number of benzene rings is 2. The first-order chi connectivity index (χ1) is 13.2. The van der Waals surface area contributed by atoms with E-state index in [1.54, 1.807) is 0 Å². The Morgan fingerprint density at radius 3 is 1.41 bits per heavy atom. The van der Waals surface area contributed by atoms with Crippen molar-refractivity contribution in [1.29, 1.82) is 0 Å². The fourth-order valence-electron chi connectivity index (χ4n) is 3.99. The highest BCUT2D eigenvalue weighted by Gasteiger charge is 2.48. The van der Waals surface area contributed by atoms with Crippen LogP contribution in [0.2, 0.25) is 0 Å². The third-order valence-corrected chi connectivity index (χ3v) is 8.78. The molecule has 0 spiro atoms. The molecule has 2 aromatic rings. The van der Waals surface area contributed by atoms with Gasteiger partial charge in [-0.2, -0.15) is 0 Å². The normalized spacial score (nSPS) is 22.3. The van der Waals surface area contributed by atoms with E-state index in [2.05, 4.69) is 86.7 Å². The predicted molar refractivity (Wildman–Crippen MR) is 113 cm³/mol. The van der Waals surface area contributed by atoms with Crippen LogP contribution in [-0.2, 0) is 8.85 Å². The maximum absolute atomic E-state index is 6.88. The van der Waals surface area contributed by atoms with Crippen molar-refractivity contribution in [1.82, 2.24) is 0 Å². The summed E-state index contributed by atoms with van der Waals surface area (Å²) in [5.41, 5.74) is 0. The van der Waals surface area contributed by atoms with E-state index in [0.717, 1.165) is 47.6 Å². The zero-order valence-electron chi connectivity index (χ0n) is 16.2. The molecule has 0 saturated carbocycles. The largest absolute Gasteiger partial charge is 0.530 e. The summed E-state index contributed by atoms with van der Waals surface area (Å²) in [6.45, 7) is 4.51. The molecule has 0 N–H and O–H groups in total. The van der Waals surface area contributed by atoms with Crippen LogP contribution in [-0.4, -0.2) is 8.56 Å². The molecule has 0 unspecified atom stereocenters. The second-order valence-electron chi connectivity index (χ2n) is 7.85. The van der Waals surface area contributed by atoms with Gasteiger partial charge in [0.2, 0.25) is 0 Å². The van der Waals surface area contributed by atoms with Gasteiger partial charge in [-0.3, -0.25) is 0 Å². The van der Waals surface area contributed by atoms with E-state index in [4.69, 9.17) is 8.85 Å². The molecule has 0 aliphatic heterocycles. The Hall–Kier alpha value is -2.26. The van der Waals surface area contributed by atoms with Crippen molar-refractivity contribution < 1.29 is 8.85 Å². The fourth-order valence-corrected chi connectivity index (χ4v) is 7.17. The molecule has 2 aliphatic rings. The van der Waals surface area contributed by atoms with Gasteiger partial charge in [0.1, 0.15) is 0 Å². The molecule has 4 rings (SSSR count). The highest BCUT2D eigenvalue weighted by Crippen LogP contribution is 2.31. The minimum atomic E-state index is -2.87. The Morgan fingerprint density at radius 1 is 0.667 bits per heavy atom. The molecule has 0 fully saturated rings. The highest BCUT2D eigenvalue weighted by atomic mass is 28.4. The monoisotopic (exact) mass is 376 g/mol. The van der Waals surface area contributed by atoms with Crippen molar-refractivity contribution in [2.24, 2.45) is 11.8 Å². The van der Waals surface area contributed by atoms with E-state index in [-0.39, 0.29) is 0 Å². The molecule has 2 aliphatic carbocycles. The van der Waals surface area contributed by atoms with Crippen LogP contribution >= 0.6 is 0 Å². The van der Waals surface area contributed by atoms with Crippen molar-refractivity contribution in [3.05, 3.63) is 84.3 Å². The van der Waals surface area contributed by atoms with Gasteiger partial charge in [0, 0.05) is 23.2 Å². The molecule has 0 bridgehead atoms. The second-order valence-corrected chi connectivity index (χ2v) is 10.6. The molecule has 2 atom stereocenters. The third-order valence-electron chi connectivity index (χ3n) is 5.49. The van der Waals surface area contributed by atoms with Gasteiger partial charge in [-0.05, 0) is 36.8 Å². The van der Waals surface area contributed by atoms with Crippen molar-refractivity contribution in [3.8, 4) is 0 Å². The number of hydrogen-bond acceptors (Lipinski definition) is 2. The Bertz CT molecular complexity index is 754. The van der Waals surface area contributed by atoms with Gasteiger partial charge in [0.25, 0.3) is 0 Å². The Balaban J connectivity index is 1.82. The second kappa shape index (κ2) is 7.77. The van der Waals surface area contributed by atoms with Crippen LogP contribution in [0.1, 0.15) is 39.5 Å². The highest BCUT2D eigenvalue weighted by molar-refractivity contribution is 6.93. The van der Waals surface area contributed by atoms with Gasteiger partial charge < -0.3 is 8.85 Å². The summed E-state index contributed by atoms with van der Waals surface area (Å²) in [5, 5.41) is 2.33. The quantitative estimate of drug-likeness (QED) is 0.667. The summed E-state index contributed by atoms with van der Waals surface area (Å²) in [6.07, 6.45) is 8.86. The molecule has 0 saturated heterocycles. The van der Waals surface area contributed by atoms with Crippen LogP contribution in [0.5, 0.6) is 0 Å². The van der Waals surface area contributed by atoms with Crippen molar-refractivity contribution in [3.63, 3.8) is 0 Å². The summed E-state index contributed by atoms with van der Waals surface area (Å²) in [6, 6.07) is 21.1. The molecule has 2 aromatic carbocycles. The lowest BCUT2D eigenvalue weighted by atomic mass is 10.2.